The van der Waals surface area contributed by atoms with Crippen LogP contribution >= 0.6 is 0 Å². The maximum absolute atomic E-state index is 14.1. The summed E-state index contributed by atoms with van der Waals surface area (Å²) < 4.78 is 53.8. The van der Waals surface area contributed by atoms with E-state index in [1.165, 1.54) is 0 Å². The number of phenolic OH excluding ortho intramolecular Hbond substituents is 1. The second-order valence-corrected chi connectivity index (χ2v) is 21.3. The lowest BCUT2D eigenvalue weighted by atomic mass is 9.65. The van der Waals surface area contributed by atoms with Crippen LogP contribution in [0.2, 0.25) is 0 Å². The van der Waals surface area contributed by atoms with Crippen molar-refractivity contribution in [2.45, 2.75) is 125 Å². The number of aliphatic hydroxyl groups is 2. The highest BCUT2D eigenvalue weighted by Gasteiger charge is 2.50. The number of benzene rings is 4. The Balaban J connectivity index is 1.23. The van der Waals surface area contributed by atoms with Gasteiger partial charge >= 0.3 is 0 Å². The van der Waals surface area contributed by atoms with E-state index in [1.54, 1.807) is 12.1 Å². The Morgan fingerprint density at radius 1 is 0.939 bits per heavy atom. The summed E-state index contributed by atoms with van der Waals surface area (Å²) in [4.78, 5) is 4.97. The number of aliphatic imine (C=N–C) groups is 1. The summed E-state index contributed by atoms with van der Waals surface area (Å²) in [5.41, 5.74) is 16.1. The Bertz CT molecular complexity index is 2600. The van der Waals surface area contributed by atoms with Gasteiger partial charge in [0.1, 0.15) is 17.6 Å². The van der Waals surface area contributed by atoms with Gasteiger partial charge in [-0.2, -0.15) is 8.42 Å². The predicted molar refractivity (Wildman–Crippen MR) is 255 cm³/mol. The van der Waals surface area contributed by atoms with Crippen molar-refractivity contribution in [3.8, 4) is 23.3 Å². The molecule has 6 aliphatic heterocycles. The first-order chi connectivity index (χ1) is 31.7. The fourth-order valence-electron chi connectivity index (χ4n) is 12.2. The Kier molecular flexibility index (Phi) is 13.1. The Morgan fingerprint density at radius 2 is 1.67 bits per heavy atom. The number of hydrogen-bond acceptors (Lipinski definition) is 8. The molecule has 12 rings (SSSR count). The van der Waals surface area contributed by atoms with E-state index in [1.807, 2.05) is 79.7 Å². The standard InChI is InChI=1S/C54H63N3O8S/c1-2-36-31-49(66(61,62)63)48-30-41-27-40(29-46-26-35(33-58)11-8-12-39-28-44(59)19-22-47(39)51(41)64-46)50(48)38-13-17-42(18-14-38)54(57-52(55)56,65-45-20-15-37(36)16-21-45)32-43(53(60)23-6-7-24-53)25-34-9-4-3-5-10-34/h3-5,9-10,13-22,28,30,35-36,40,43,46,48-51,58-60H,2,6-7,11,23-27,29,31-33H2,1H3,(H4,55,56,57)(H,61,62,63). The van der Waals surface area contributed by atoms with Gasteiger partial charge in [-0.15, -0.1) is 0 Å². The van der Waals surface area contributed by atoms with Crippen LogP contribution in [0.5, 0.6) is 11.5 Å². The first-order valence-corrected chi connectivity index (χ1v) is 25.3. The van der Waals surface area contributed by atoms with Crippen molar-refractivity contribution in [1.29, 1.82) is 0 Å². The van der Waals surface area contributed by atoms with Crippen LogP contribution in [0.4, 0.5) is 0 Å². The number of hydrogen-bond donors (Lipinski definition) is 6. The van der Waals surface area contributed by atoms with Gasteiger partial charge in [-0.1, -0.05) is 110 Å². The number of fused-ring (bicyclic) bond motifs is 7. The molecule has 8 N–H and O–H groups in total. The van der Waals surface area contributed by atoms with Crippen molar-refractivity contribution in [2.75, 3.05) is 6.61 Å². The van der Waals surface area contributed by atoms with Gasteiger partial charge < -0.3 is 36.3 Å². The maximum Gasteiger partial charge on any atom is 0.268 e. The SMILES string of the molecule is CCC1CC(S(=O)(=O)O)C2C=C3CC(CC4CC(CO)CC#Cc5cc(O)ccc5C3O4)C2c2ccc(cc2)C(CC(Cc2ccccc2)C2(O)CCCC2)(N=C(N)N)Oc2ccc1cc2. The summed E-state index contributed by atoms with van der Waals surface area (Å²) in [6.07, 6.45) is 8.06. The van der Waals surface area contributed by atoms with Crippen molar-refractivity contribution in [2.24, 2.45) is 40.1 Å². The zero-order chi connectivity index (χ0) is 46.2. The minimum Gasteiger partial charge on any atom is -0.508 e. The van der Waals surface area contributed by atoms with Gasteiger partial charge in [-0.25, -0.2) is 4.99 Å². The van der Waals surface area contributed by atoms with E-state index >= 15 is 0 Å². The number of allylic oxidation sites excluding steroid dienone is 1. The third kappa shape index (κ3) is 9.51. The van der Waals surface area contributed by atoms with E-state index in [0.717, 1.165) is 40.7 Å². The number of guanidine groups is 1. The highest BCUT2D eigenvalue weighted by atomic mass is 32.2. The van der Waals surface area contributed by atoms with Gasteiger partial charge in [0.25, 0.3) is 10.1 Å². The van der Waals surface area contributed by atoms with E-state index in [0.29, 0.717) is 68.2 Å². The number of aromatic hydroxyl groups is 1. The number of rotatable bonds is 9. The van der Waals surface area contributed by atoms with Crippen LogP contribution in [-0.4, -0.2) is 57.8 Å². The molecule has 2 fully saturated rings. The first kappa shape index (κ1) is 46.0. The third-order valence-electron chi connectivity index (χ3n) is 15.4. The maximum atomic E-state index is 14.1. The smallest absolute Gasteiger partial charge is 0.268 e. The zero-order valence-electron chi connectivity index (χ0n) is 37.6. The summed E-state index contributed by atoms with van der Waals surface area (Å²) in [7, 11) is -4.65. The molecule has 2 aliphatic carbocycles. The van der Waals surface area contributed by atoms with E-state index < -0.39 is 38.7 Å². The van der Waals surface area contributed by atoms with E-state index in [4.69, 9.17) is 25.9 Å². The fraction of sp³-hybridized carbons (Fsp3) is 0.463. The highest BCUT2D eigenvalue weighted by molar-refractivity contribution is 7.86. The lowest BCUT2D eigenvalue weighted by Gasteiger charge is -2.41. The monoisotopic (exact) mass is 913 g/mol. The average Bonchev–Trinajstić information content (AvgIpc) is 3.69. The lowest BCUT2D eigenvalue weighted by Crippen LogP contribution is -2.45. The molecule has 1 saturated carbocycles. The quantitative estimate of drug-likeness (QED) is 0.0311. The highest BCUT2D eigenvalue weighted by Crippen LogP contribution is 2.54. The molecule has 6 heterocycles. The largest absolute Gasteiger partial charge is 0.508 e. The second-order valence-electron chi connectivity index (χ2n) is 19.7. The van der Waals surface area contributed by atoms with E-state index in [2.05, 4.69) is 30.0 Å². The van der Waals surface area contributed by atoms with Crippen LogP contribution in [0.1, 0.15) is 129 Å². The summed E-state index contributed by atoms with van der Waals surface area (Å²) >= 11 is 0. The fourth-order valence-corrected chi connectivity index (χ4v) is 13.3. The topological polar surface area (TPSA) is 198 Å². The van der Waals surface area contributed by atoms with Gasteiger partial charge in [0.15, 0.2) is 5.96 Å². The molecule has 12 heteroatoms. The number of phenols is 1. The van der Waals surface area contributed by atoms with Crippen LogP contribution in [-0.2, 0) is 27.0 Å². The normalized spacial score (nSPS) is 29.5. The van der Waals surface area contributed by atoms with Crippen LogP contribution in [0.25, 0.3) is 0 Å². The minimum absolute atomic E-state index is 0.0691. The molecule has 0 radical (unpaired) electrons. The molecule has 4 aromatic carbocycles. The molecule has 348 valence electrons. The molecule has 10 atom stereocenters. The Morgan fingerprint density at radius 3 is 2.35 bits per heavy atom. The van der Waals surface area contributed by atoms with Crippen molar-refractivity contribution in [3.05, 3.63) is 142 Å². The van der Waals surface area contributed by atoms with Crippen molar-refractivity contribution in [3.63, 3.8) is 0 Å². The molecule has 8 bridgehead atoms. The summed E-state index contributed by atoms with van der Waals surface area (Å²) in [5.74, 6) is 5.05. The van der Waals surface area contributed by atoms with Crippen LogP contribution in [0, 0.1) is 35.5 Å². The van der Waals surface area contributed by atoms with Crippen molar-refractivity contribution in [1.82, 2.24) is 0 Å². The summed E-state index contributed by atoms with van der Waals surface area (Å²) in [6, 6.07) is 30.9. The van der Waals surface area contributed by atoms with Gasteiger partial charge in [-0.3, -0.25) is 4.55 Å². The van der Waals surface area contributed by atoms with Gasteiger partial charge in [0.05, 0.1) is 17.0 Å². The minimum atomic E-state index is -4.65. The third-order valence-corrected chi connectivity index (χ3v) is 16.7. The average molecular weight is 914 g/mol. The van der Waals surface area contributed by atoms with Gasteiger partial charge in [0.2, 0.25) is 5.72 Å². The molecule has 10 unspecified atom stereocenters. The number of ether oxygens (including phenoxy) is 2. The van der Waals surface area contributed by atoms with Gasteiger partial charge in [-0.05, 0) is 127 Å². The molecular formula is C54H63N3O8S. The van der Waals surface area contributed by atoms with Crippen LogP contribution < -0.4 is 16.2 Å². The van der Waals surface area contributed by atoms with E-state index in [-0.39, 0.29) is 66.9 Å². The van der Waals surface area contributed by atoms with Crippen LogP contribution in [0.15, 0.2) is 114 Å². The molecule has 4 aromatic rings. The second kappa shape index (κ2) is 18.8. The van der Waals surface area contributed by atoms with Crippen molar-refractivity contribution >= 4 is 16.1 Å². The summed E-state index contributed by atoms with van der Waals surface area (Å²) in [5, 5.41) is 32.4. The molecule has 8 aliphatic rings. The Labute approximate surface area is 389 Å². The van der Waals surface area contributed by atoms with Crippen molar-refractivity contribution < 1.29 is 37.8 Å². The molecule has 66 heavy (non-hydrogen) atoms. The number of nitrogens with two attached hydrogens (primary N) is 2. The first-order valence-electron chi connectivity index (χ1n) is 23.8. The van der Waals surface area contributed by atoms with E-state index in [9.17, 15) is 28.3 Å². The summed E-state index contributed by atoms with van der Waals surface area (Å²) in [6.45, 7) is 1.96. The number of nitrogens with zero attached hydrogens (tertiary/aromatic N) is 1. The van der Waals surface area contributed by atoms with Gasteiger partial charge in [0, 0.05) is 42.1 Å². The lowest BCUT2D eigenvalue weighted by molar-refractivity contribution is -0.0531. The van der Waals surface area contributed by atoms with Crippen LogP contribution in [0.3, 0.4) is 0 Å². The predicted octanol–water partition coefficient (Wildman–Crippen LogP) is 8.54. The number of aliphatic hydroxyl groups excluding tert-OH is 1. The molecule has 1 saturated heterocycles. The molecule has 11 nitrogen and oxygen atoms in total. The molecule has 0 amide bonds. The molecular weight excluding hydrogens is 851 g/mol. The molecule has 0 spiro atoms. The zero-order valence-corrected chi connectivity index (χ0v) is 38.5. The Hall–Kier alpha value is -5.16. The molecule has 0 aromatic heterocycles.